The number of aryl methyl sites for hydroxylation is 1. The van der Waals surface area contributed by atoms with Crippen LogP contribution in [0.5, 0.6) is 5.75 Å². The summed E-state index contributed by atoms with van der Waals surface area (Å²) in [6.45, 7) is 0.514. The van der Waals surface area contributed by atoms with E-state index >= 15 is 0 Å². The monoisotopic (exact) mass is 442 g/mol. The third kappa shape index (κ3) is 5.27. The van der Waals surface area contributed by atoms with Crippen LogP contribution in [-0.2, 0) is 7.05 Å². The lowest BCUT2D eigenvalue weighted by molar-refractivity contribution is 0.0932. The first kappa shape index (κ1) is 22.4. The minimum Gasteiger partial charge on any atom is -0.494 e. The molecule has 164 valence electrons. The summed E-state index contributed by atoms with van der Waals surface area (Å²) in [6.07, 6.45) is 1.32. The number of amides is 1. The zero-order chi connectivity index (χ0) is 22.4. The van der Waals surface area contributed by atoms with Crippen LogP contribution in [-0.4, -0.2) is 40.8 Å². The van der Waals surface area contributed by atoms with Crippen molar-refractivity contribution in [2.45, 2.75) is 18.9 Å². The quantitative estimate of drug-likeness (QED) is 0.155. The summed E-state index contributed by atoms with van der Waals surface area (Å²) in [4.78, 5) is 21.9. The molecule has 0 saturated heterocycles. The number of hydrogen-bond acceptors (Lipinski definition) is 5. The fraction of sp³-hybridized carbons (Fsp3) is 0.318. The normalized spacial score (nSPS) is 12.7. The number of nitrogens with zero attached hydrogens (tertiary/aromatic N) is 3. The zero-order valence-corrected chi connectivity index (χ0v) is 18.4. The Kier molecular flexibility index (Phi) is 7.36. The largest absolute Gasteiger partial charge is 0.494 e. The molecule has 8 nitrogen and oxygen atoms in total. The molecule has 0 aliphatic heterocycles. The summed E-state index contributed by atoms with van der Waals surface area (Å²) in [5.41, 5.74) is 14.2. The number of imidazole rings is 1. The van der Waals surface area contributed by atoms with Crippen molar-refractivity contribution in [1.82, 2.24) is 14.9 Å². The van der Waals surface area contributed by atoms with Gasteiger partial charge in [0.1, 0.15) is 22.9 Å². The number of nitrogens with two attached hydrogens (primary N) is 2. The van der Waals surface area contributed by atoms with E-state index in [1.54, 1.807) is 31.4 Å². The van der Waals surface area contributed by atoms with E-state index in [4.69, 9.17) is 32.8 Å². The Hall–Kier alpha value is -3.26. The van der Waals surface area contributed by atoms with Crippen LogP contribution in [0.1, 0.15) is 35.1 Å². The molecule has 0 aliphatic rings. The smallest absolute Gasteiger partial charge is 0.251 e. The first-order valence-electron chi connectivity index (χ1n) is 9.95. The number of carbonyl (C=O) groups is 1. The molecule has 9 heteroatoms. The van der Waals surface area contributed by atoms with E-state index in [0.29, 0.717) is 42.2 Å². The van der Waals surface area contributed by atoms with Gasteiger partial charge in [-0.1, -0.05) is 6.07 Å². The lowest BCUT2D eigenvalue weighted by atomic mass is 10.1. The van der Waals surface area contributed by atoms with Crippen LogP contribution in [0.4, 0.5) is 5.69 Å². The third-order valence-corrected chi connectivity index (χ3v) is 5.30. The number of nitrogen functional groups attached to an aromatic ring is 1. The van der Waals surface area contributed by atoms with Gasteiger partial charge in [-0.15, -0.1) is 11.6 Å². The van der Waals surface area contributed by atoms with Gasteiger partial charge in [0.2, 0.25) is 0 Å². The summed E-state index contributed by atoms with van der Waals surface area (Å²) in [5.74, 6) is 1.81. The van der Waals surface area contributed by atoms with Gasteiger partial charge in [-0.05, 0) is 49.2 Å². The highest BCUT2D eigenvalue weighted by molar-refractivity contribution is 6.27. The Morgan fingerprint density at radius 2 is 2.03 bits per heavy atom. The van der Waals surface area contributed by atoms with Gasteiger partial charge in [0.25, 0.3) is 5.91 Å². The van der Waals surface area contributed by atoms with Crippen molar-refractivity contribution in [1.29, 1.82) is 0 Å². The Morgan fingerprint density at radius 3 is 2.71 bits per heavy atom. The van der Waals surface area contributed by atoms with Gasteiger partial charge in [0, 0.05) is 24.8 Å². The highest BCUT2D eigenvalue weighted by atomic mass is 35.5. The number of aliphatic imine (C=N–C) groups is 1. The molecule has 1 unspecified atom stereocenters. The summed E-state index contributed by atoms with van der Waals surface area (Å²) in [6, 6.07) is 12.2. The molecule has 1 aromatic heterocycles. The zero-order valence-electron chi connectivity index (χ0n) is 17.6. The molecule has 5 N–H and O–H groups in total. The molecule has 31 heavy (non-hydrogen) atoms. The number of anilines is 1. The van der Waals surface area contributed by atoms with Crippen LogP contribution in [0.25, 0.3) is 11.0 Å². The number of methoxy groups -OCH3 is 1. The molecule has 1 amide bonds. The SMILES string of the molecule is COc1cccc2c1nc(C(CCCN=C(N)CCl)NC(=O)c1ccc(N)cc1)n2C. The molecule has 3 aromatic rings. The second-order valence-corrected chi connectivity index (χ2v) is 7.42. The van der Waals surface area contributed by atoms with Gasteiger partial charge in [0.15, 0.2) is 0 Å². The number of ether oxygens (including phenoxy) is 1. The molecular formula is C22H27ClN6O2. The average molecular weight is 443 g/mol. The molecule has 0 saturated carbocycles. The number of para-hydroxylation sites is 1. The number of halogens is 1. The number of rotatable bonds is 9. The van der Waals surface area contributed by atoms with Crippen molar-refractivity contribution in [3.8, 4) is 5.75 Å². The maximum atomic E-state index is 12.9. The van der Waals surface area contributed by atoms with E-state index in [1.165, 1.54) is 0 Å². The van der Waals surface area contributed by atoms with Gasteiger partial charge < -0.3 is 26.1 Å². The molecule has 0 aliphatic carbocycles. The topological polar surface area (TPSA) is 121 Å². The second kappa shape index (κ2) is 10.2. The highest BCUT2D eigenvalue weighted by Crippen LogP contribution is 2.29. The predicted octanol–water partition coefficient (Wildman–Crippen LogP) is 3.01. The Morgan fingerprint density at radius 1 is 1.29 bits per heavy atom. The molecule has 3 rings (SSSR count). The average Bonchev–Trinajstić information content (AvgIpc) is 3.12. The van der Waals surface area contributed by atoms with E-state index < -0.39 is 0 Å². The lowest BCUT2D eigenvalue weighted by Gasteiger charge is -2.18. The summed E-state index contributed by atoms with van der Waals surface area (Å²) in [7, 11) is 3.54. The van der Waals surface area contributed by atoms with Crippen LogP contribution in [0.3, 0.4) is 0 Å². The maximum absolute atomic E-state index is 12.9. The van der Waals surface area contributed by atoms with Crippen LogP contribution >= 0.6 is 11.6 Å². The first-order valence-corrected chi connectivity index (χ1v) is 10.5. The van der Waals surface area contributed by atoms with Gasteiger partial charge >= 0.3 is 0 Å². The van der Waals surface area contributed by atoms with E-state index in [9.17, 15) is 4.79 Å². The van der Waals surface area contributed by atoms with Crippen molar-refractivity contribution >= 4 is 40.1 Å². The molecule has 2 aromatic carbocycles. The van der Waals surface area contributed by atoms with Gasteiger partial charge in [-0.3, -0.25) is 9.79 Å². The third-order valence-electron chi connectivity index (χ3n) is 5.02. The van der Waals surface area contributed by atoms with Crippen molar-refractivity contribution in [2.75, 3.05) is 25.3 Å². The van der Waals surface area contributed by atoms with Crippen molar-refractivity contribution in [3.63, 3.8) is 0 Å². The number of amidine groups is 1. The van der Waals surface area contributed by atoms with Gasteiger partial charge in [-0.25, -0.2) is 4.98 Å². The van der Waals surface area contributed by atoms with Crippen molar-refractivity contribution in [2.24, 2.45) is 17.8 Å². The van der Waals surface area contributed by atoms with Crippen LogP contribution in [0, 0.1) is 0 Å². The fourth-order valence-corrected chi connectivity index (χ4v) is 3.47. The Bertz CT molecular complexity index is 1080. The molecule has 0 fully saturated rings. The van der Waals surface area contributed by atoms with E-state index in [0.717, 1.165) is 16.9 Å². The number of carbonyl (C=O) groups excluding carboxylic acids is 1. The summed E-state index contributed by atoms with van der Waals surface area (Å²) < 4.78 is 7.43. The number of nitrogens with one attached hydrogen (secondary N) is 1. The summed E-state index contributed by atoms with van der Waals surface area (Å²) >= 11 is 5.68. The number of alkyl halides is 1. The number of aromatic nitrogens is 2. The van der Waals surface area contributed by atoms with E-state index in [-0.39, 0.29) is 17.8 Å². The van der Waals surface area contributed by atoms with Crippen LogP contribution < -0.4 is 21.5 Å². The van der Waals surface area contributed by atoms with E-state index in [1.807, 2.05) is 29.8 Å². The molecule has 0 radical (unpaired) electrons. The van der Waals surface area contributed by atoms with Crippen LogP contribution in [0.15, 0.2) is 47.5 Å². The predicted molar refractivity (Wildman–Crippen MR) is 125 cm³/mol. The standard InChI is InChI=1S/C22H27ClN6O2/c1-29-17-6-3-7-18(31-2)20(17)28-21(29)16(5-4-12-26-19(25)13-23)27-22(30)14-8-10-15(24)11-9-14/h3,6-11,16H,4-5,12-13,24H2,1-2H3,(H2,25,26)(H,27,30). The fourth-order valence-electron chi connectivity index (χ4n) is 3.39. The van der Waals surface area contributed by atoms with Crippen molar-refractivity contribution in [3.05, 3.63) is 53.9 Å². The van der Waals surface area contributed by atoms with E-state index in [2.05, 4.69) is 10.3 Å². The summed E-state index contributed by atoms with van der Waals surface area (Å²) in [5, 5.41) is 3.10. The molecule has 0 bridgehead atoms. The number of fused-ring (bicyclic) bond motifs is 1. The maximum Gasteiger partial charge on any atom is 0.251 e. The molecule has 1 atom stereocenters. The number of benzene rings is 2. The lowest BCUT2D eigenvalue weighted by Crippen LogP contribution is -2.30. The minimum atomic E-state index is -0.334. The van der Waals surface area contributed by atoms with Gasteiger partial charge in [0.05, 0.1) is 24.5 Å². The van der Waals surface area contributed by atoms with Crippen LogP contribution in [0.2, 0.25) is 0 Å². The molecule has 0 spiro atoms. The second-order valence-electron chi connectivity index (χ2n) is 7.15. The molecular weight excluding hydrogens is 416 g/mol. The minimum absolute atomic E-state index is 0.196. The van der Waals surface area contributed by atoms with Crippen molar-refractivity contribution < 1.29 is 9.53 Å². The Labute approximate surface area is 186 Å². The first-order chi connectivity index (χ1) is 14.9. The Balaban J connectivity index is 1.89. The van der Waals surface area contributed by atoms with Gasteiger partial charge in [-0.2, -0.15) is 0 Å². The number of hydrogen-bond donors (Lipinski definition) is 3. The molecule has 1 heterocycles. The highest BCUT2D eigenvalue weighted by Gasteiger charge is 2.22.